The molecule has 2 bridgehead atoms. The van der Waals surface area contributed by atoms with Gasteiger partial charge in [0.05, 0.1) is 6.20 Å². The van der Waals surface area contributed by atoms with Crippen molar-refractivity contribution in [2.24, 2.45) is 17.8 Å². The molecule has 1 aliphatic heterocycles. The Bertz CT molecular complexity index is 940. The van der Waals surface area contributed by atoms with Crippen molar-refractivity contribution in [2.75, 3.05) is 48.8 Å². The lowest BCUT2D eigenvalue weighted by Gasteiger charge is -2.35. The van der Waals surface area contributed by atoms with Crippen LogP contribution < -0.4 is 15.5 Å². The number of benzene rings is 1. The van der Waals surface area contributed by atoms with Gasteiger partial charge < -0.3 is 20.4 Å². The van der Waals surface area contributed by atoms with E-state index in [1.165, 1.54) is 36.7 Å². The second-order valence-electron chi connectivity index (χ2n) is 9.67. The molecular weight excluding hydrogens is 391 g/mol. The number of aromatic nitrogens is 2. The third-order valence-corrected chi connectivity index (χ3v) is 7.68. The van der Waals surface area contributed by atoms with Gasteiger partial charge in [0.2, 0.25) is 5.95 Å². The predicted octanol–water partition coefficient (Wildman–Crippen LogP) is 4.27. The molecule has 2 aromatic rings. The van der Waals surface area contributed by atoms with E-state index in [1.807, 2.05) is 0 Å². The molecule has 3 aliphatic rings. The highest BCUT2D eigenvalue weighted by Crippen LogP contribution is 2.49. The van der Waals surface area contributed by atoms with Crippen molar-refractivity contribution >= 4 is 23.1 Å². The Balaban J connectivity index is 1.29. The van der Waals surface area contributed by atoms with Gasteiger partial charge in [-0.1, -0.05) is 6.92 Å². The van der Waals surface area contributed by atoms with E-state index in [4.69, 9.17) is 0 Å². The number of hydrogen-bond acceptors (Lipinski definition) is 6. The minimum atomic E-state index is -0.387. The molecule has 7 heteroatoms. The number of hydrogen-bond donors (Lipinski definition) is 2. The summed E-state index contributed by atoms with van der Waals surface area (Å²) in [5.74, 6) is 2.32. The number of fused-ring (bicyclic) bond motifs is 2. The van der Waals surface area contributed by atoms with E-state index in [9.17, 15) is 4.39 Å². The van der Waals surface area contributed by atoms with Gasteiger partial charge >= 0.3 is 0 Å². The van der Waals surface area contributed by atoms with Crippen LogP contribution >= 0.6 is 0 Å². The SMILES string of the molecule is Cc1cc(Nc2ncc(F)c(N[C@@H]3[C@H]4CC[C@H](C4)[C@@H]3C)n2)ccc1N1CCN(C)CC1. The molecule has 0 radical (unpaired) electrons. The Morgan fingerprint density at radius 1 is 1.10 bits per heavy atom. The van der Waals surface area contributed by atoms with E-state index in [0.717, 1.165) is 37.8 Å². The van der Waals surface area contributed by atoms with Crippen LogP contribution in [0.25, 0.3) is 0 Å². The molecule has 0 spiro atoms. The second kappa shape index (κ2) is 8.26. The summed E-state index contributed by atoms with van der Waals surface area (Å²) in [7, 11) is 2.17. The predicted molar refractivity (Wildman–Crippen MR) is 124 cm³/mol. The lowest BCUT2D eigenvalue weighted by atomic mass is 9.86. The van der Waals surface area contributed by atoms with Crippen LogP contribution in [0.1, 0.15) is 31.7 Å². The van der Waals surface area contributed by atoms with Gasteiger partial charge in [0.15, 0.2) is 11.6 Å². The van der Waals surface area contributed by atoms with Gasteiger partial charge in [0.1, 0.15) is 0 Å². The van der Waals surface area contributed by atoms with Crippen LogP contribution in [0.15, 0.2) is 24.4 Å². The van der Waals surface area contributed by atoms with E-state index in [1.54, 1.807) is 0 Å². The van der Waals surface area contributed by atoms with Crippen molar-refractivity contribution in [3.05, 3.63) is 35.8 Å². The fourth-order valence-electron chi connectivity index (χ4n) is 5.78. The normalized spacial score (nSPS) is 28.2. The molecule has 166 valence electrons. The van der Waals surface area contributed by atoms with Gasteiger partial charge in [0, 0.05) is 43.6 Å². The zero-order valence-corrected chi connectivity index (χ0v) is 18.7. The highest BCUT2D eigenvalue weighted by Gasteiger charge is 2.45. The van der Waals surface area contributed by atoms with Crippen LogP contribution in [-0.4, -0.2) is 54.1 Å². The van der Waals surface area contributed by atoms with Crippen molar-refractivity contribution in [3.8, 4) is 0 Å². The van der Waals surface area contributed by atoms with Crippen molar-refractivity contribution < 1.29 is 4.39 Å². The van der Waals surface area contributed by atoms with Crippen molar-refractivity contribution in [3.63, 3.8) is 0 Å². The fourth-order valence-corrected chi connectivity index (χ4v) is 5.78. The Kier molecular flexibility index (Phi) is 5.46. The smallest absolute Gasteiger partial charge is 0.229 e. The van der Waals surface area contributed by atoms with Gasteiger partial charge in [-0.05, 0) is 74.8 Å². The van der Waals surface area contributed by atoms with E-state index in [0.29, 0.717) is 29.6 Å². The summed E-state index contributed by atoms with van der Waals surface area (Å²) in [4.78, 5) is 13.4. The number of halogens is 1. The molecule has 2 N–H and O–H groups in total. The molecule has 1 aromatic carbocycles. The Labute approximate surface area is 184 Å². The first-order valence-electron chi connectivity index (χ1n) is 11.6. The van der Waals surface area contributed by atoms with E-state index < -0.39 is 0 Å². The topological polar surface area (TPSA) is 56.3 Å². The molecule has 0 amide bonds. The number of nitrogens with one attached hydrogen (secondary N) is 2. The summed E-state index contributed by atoms with van der Waals surface area (Å²) in [5.41, 5.74) is 3.40. The van der Waals surface area contributed by atoms with Gasteiger partial charge in [0.25, 0.3) is 0 Å². The quantitative estimate of drug-likeness (QED) is 0.748. The molecule has 2 heterocycles. The Morgan fingerprint density at radius 3 is 2.58 bits per heavy atom. The number of likely N-dealkylation sites (N-methyl/N-ethyl adjacent to an activating group) is 1. The van der Waals surface area contributed by atoms with E-state index in [2.05, 4.69) is 69.5 Å². The summed E-state index contributed by atoms with van der Waals surface area (Å²) in [6, 6.07) is 6.63. The lowest BCUT2D eigenvalue weighted by molar-refractivity contribution is 0.312. The molecule has 6 nitrogen and oxygen atoms in total. The lowest BCUT2D eigenvalue weighted by Crippen LogP contribution is -2.44. The third-order valence-electron chi connectivity index (χ3n) is 7.68. The summed E-state index contributed by atoms with van der Waals surface area (Å²) in [6.45, 7) is 8.67. The van der Waals surface area contributed by atoms with Crippen molar-refractivity contribution in [2.45, 2.75) is 39.2 Å². The fraction of sp³-hybridized carbons (Fsp3) is 0.583. The Morgan fingerprint density at radius 2 is 1.87 bits per heavy atom. The average molecular weight is 425 g/mol. The molecular formula is C24H33FN6. The number of aryl methyl sites for hydroxylation is 1. The van der Waals surface area contributed by atoms with Gasteiger partial charge in [-0.15, -0.1) is 0 Å². The molecule has 3 fully saturated rings. The maximum absolute atomic E-state index is 14.5. The summed E-state index contributed by atoms with van der Waals surface area (Å²) >= 11 is 0. The second-order valence-corrected chi connectivity index (χ2v) is 9.67. The summed E-state index contributed by atoms with van der Waals surface area (Å²) in [6.07, 6.45) is 5.08. The molecule has 2 saturated carbocycles. The first-order valence-corrected chi connectivity index (χ1v) is 11.6. The first-order chi connectivity index (χ1) is 15.0. The van der Waals surface area contributed by atoms with E-state index in [-0.39, 0.29) is 5.82 Å². The molecule has 1 aromatic heterocycles. The number of piperazine rings is 1. The molecule has 2 aliphatic carbocycles. The minimum absolute atomic E-state index is 0.307. The van der Waals surface area contributed by atoms with Crippen molar-refractivity contribution in [1.29, 1.82) is 0 Å². The number of anilines is 4. The van der Waals surface area contributed by atoms with Crippen LogP contribution in [0.3, 0.4) is 0 Å². The molecule has 1 saturated heterocycles. The standard InChI is InChI=1S/C24H33FN6/c1-15-12-19(6-7-21(15)31-10-8-30(3)9-11-31)27-24-26-14-20(25)23(29-24)28-22-16(2)17-4-5-18(22)13-17/h6-7,12,14,16-18,22H,4-5,8-11,13H2,1-3H3,(H2,26,27,28,29)/t16-,17+,18-,22-/m0/s1. The summed E-state index contributed by atoms with van der Waals surface area (Å²) in [5, 5.41) is 6.67. The third kappa shape index (κ3) is 4.07. The van der Waals surface area contributed by atoms with Gasteiger partial charge in [-0.3, -0.25) is 0 Å². The monoisotopic (exact) mass is 424 g/mol. The van der Waals surface area contributed by atoms with Crippen molar-refractivity contribution in [1.82, 2.24) is 14.9 Å². The number of nitrogens with zero attached hydrogens (tertiary/aromatic N) is 4. The van der Waals surface area contributed by atoms with E-state index >= 15 is 0 Å². The maximum atomic E-state index is 14.5. The van der Waals surface area contributed by atoms with Crippen LogP contribution in [-0.2, 0) is 0 Å². The van der Waals surface area contributed by atoms with Crippen LogP contribution in [0.5, 0.6) is 0 Å². The van der Waals surface area contributed by atoms with Crippen LogP contribution in [0.4, 0.5) is 27.5 Å². The van der Waals surface area contributed by atoms with Crippen LogP contribution in [0.2, 0.25) is 0 Å². The number of rotatable bonds is 5. The average Bonchev–Trinajstić information content (AvgIpc) is 3.34. The zero-order valence-electron chi connectivity index (χ0n) is 18.7. The maximum Gasteiger partial charge on any atom is 0.229 e. The van der Waals surface area contributed by atoms with Gasteiger partial charge in [-0.25, -0.2) is 9.37 Å². The highest BCUT2D eigenvalue weighted by atomic mass is 19.1. The zero-order chi connectivity index (χ0) is 21.5. The molecule has 31 heavy (non-hydrogen) atoms. The van der Waals surface area contributed by atoms with Crippen LogP contribution in [0, 0.1) is 30.5 Å². The summed E-state index contributed by atoms with van der Waals surface area (Å²) < 4.78 is 14.5. The Hall–Kier alpha value is -2.41. The molecule has 0 unspecified atom stereocenters. The largest absolute Gasteiger partial charge is 0.369 e. The first kappa shape index (κ1) is 20.5. The minimum Gasteiger partial charge on any atom is -0.369 e. The molecule has 4 atom stereocenters. The van der Waals surface area contributed by atoms with Gasteiger partial charge in [-0.2, -0.15) is 4.98 Å². The molecule has 5 rings (SSSR count). The highest BCUT2D eigenvalue weighted by molar-refractivity contribution is 5.64.